The number of aryl methyl sites for hydroxylation is 1. The molecule has 1 saturated heterocycles. The van der Waals surface area contributed by atoms with E-state index in [2.05, 4.69) is 44.3 Å². The third-order valence-corrected chi connectivity index (χ3v) is 4.68. The lowest BCUT2D eigenvalue weighted by atomic mass is 10.0. The minimum absolute atomic E-state index is 0. The quantitative estimate of drug-likeness (QED) is 0.745. The van der Waals surface area contributed by atoms with E-state index >= 15 is 0 Å². The van der Waals surface area contributed by atoms with Gasteiger partial charge in [-0.25, -0.2) is 0 Å². The van der Waals surface area contributed by atoms with E-state index < -0.39 is 0 Å². The van der Waals surface area contributed by atoms with Crippen molar-refractivity contribution in [2.45, 2.75) is 19.4 Å². The van der Waals surface area contributed by atoms with Crippen LogP contribution in [0.25, 0.3) is 22.0 Å². The molecule has 0 spiro atoms. The third-order valence-electron chi connectivity index (χ3n) is 4.68. The van der Waals surface area contributed by atoms with Crippen LogP contribution in [-0.4, -0.2) is 41.5 Å². The Balaban J connectivity index is 0.00000113. The van der Waals surface area contributed by atoms with E-state index in [1.807, 2.05) is 19.3 Å². The first-order valence-electron chi connectivity index (χ1n) is 7.93. The number of pyridine rings is 1. The maximum absolute atomic E-state index is 5.50. The molecule has 0 bridgehead atoms. The van der Waals surface area contributed by atoms with Crippen molar-refractivity contribution in [2.24, 2.45) is 0 Å². The highest BCUT2D eigenvalue weighted by Gasteiger charge is 2.23. The number of benzene rings is 1. The topological polar surface area (TPSA) is 54.0 Å². The summed E-state index contributed by atoms with van der Waals surface area (Å²) < 4.78 is 5.50. The molecule has 1 N–H and O–H groups in total. The van der Waals surface area contributed by atoms with Crippen LogP contribution in [0.5, 0.6) is 0 Å². The highest BCUT2D eigenvalue weighted by molar-refractivity contribution is 5.95. The van der Waals surface area contributed by atoms with E-state index in [4.69, 9.17) is 4.74 Å². The number of halogens is 2. The lowest BCUT2D eigenvalue weighted by Gasteiger charge is -2.20. The molecule has 3 aromatic rings. The first-order valence-corrected chi connectivity index (χ1v) is 7.93. The number of hydrogen-bond donors (Lipinski definition) is 1. The molecule has 1 fully saturated rings. The molecule has 4 rings (SSSR count). The minimum atomic E-state index is 0. The molecule has 3 heterocycles. The Hall–Kier alpha value is -1.82. The number of anilines is 1. The lowest BCUT2D eigenvalue weighted by Crippen LogP contribution is -2.22. The van der Waals surface area contributed by atoms with Gasteiger partial charge in [-0.2, -0.15) is 5.10 Å². The highest BCUT2D eigenvalue weighted by Crippen LogP contribution is 2.32. The fourth-order valence-electron chi connectivity index (χ4n) is 3.36. The maximum atomic E-state index is 5.50. The molecule has 1 aromatic carbocycles. The number of hydrogen-bond acceptors (Lipinski definition) is 4. The minimum Gasteiger partial charge on any atom is -0.380 e. The summed E-state index contributed by atoms with van der Waals surface area (Å²) in [6, 6.07) is 8.52. The average molecular weight is 381 g/mol. The van der Waals surface area contributed by atoms with Gasteiger partial charge in [-0.1, -0.05) is 6.07 Å². The summed E-state index contributed by atoms with van der Waals surface area (Å²) in [7, 11) is 1.79. The molecule has 7 heteroatoms. The summed E-state index contributed by atoms with van der Waals surface area (Å²) in [5.41, 5.74) is 5.64. The van der Waals surface area contributed by atoms with Crippen LogP contribution in [0.1, 0.15) is 12.1 Å². The molecule has 1 unspecified atom stereocenters. The van der Waals surface area contributed by atoms with Crippen LogP contribution < -0.4 is 4.90 Å². The number of rotatable bonds is 3. The van der Waals surface area contributed by atoms with Crippen LogP contribution >= 0.6 is 24.8 Å². The molecule has 134 valence electrons. The van der Waals surface area contributed by atoms with Gasteiger partial charge in [0.25, 0.3) is 0 Å². The molecule has 25 heavy (non-hydrogen) atoms. The SMILES string of the molecule is COC1CCN(c2ccnc3ccc(-c4cn[nH]c4C)cc23)C1.Cl.Cl. The van der Waals surface area contributed by atoms with Crippen LogP contribution in [0, 0.1) is 6.92 Å². The van der Waals surface area contributed by atoms with Gasteiger partial charge < -0.3 is 9.64 Å². The summed E-state index contributed by atoms with van der Waals surface area (Å²) in [4.78, 5) is 6.91. The molecule has 1 atom stereocenters. The van der Waals surface area contributed by atoms with Crippen LogP contribution in [-0.2, 0) is 4.74 Å². The number of nitrogens with zero attached hydrogens (tertiary/aromatic N) is 3. The van der Waals surface area contributed by atoms with Crippen molar-refractivity contribution >= 4 is 41.4 Å². The van der Waals surface area contributed by atoms with Gasteiger partial charge >= 0.3 is 0 Å². The molecule has 1 aliphatic rings. The van der Waals surface area contributed by atoms with Gasteiger partial charge in [-0.15, -0.1) is 24.8 Å². The zero-order chi connectivity index (χ0) is 15.8. The summed E-state index contributed by atoms with van der Waals surface area (Å²) in [5, 5.41) is 8.32. The van der Waals surface area contributed by atoms with Crippen LogP contribution in [0.2, 0.25) is 0 Å². The fraction of sp³-hybridized carbons (Fsp3) is 0.333. The van der Waals surface area contributed by atoms with Gasteiger partial charge in [-0.3, -0.25) is 10.1 Å². The maximum Gasteiger partial charge on any atom is 0.0762 e. The molecule has 0 radical (unpaired) electrons. The van der Waals surface area contributed by atoms with Crippen molar-refractivity contribution in [1.29, 1.82) is 0 Å². The van der Waals surface area contributed by atoms with E-state index in [0.29, 0.717) is 6.10 Å². The van der Waals surface area contributed by atoms with E-state index in [0.717, 1.165) is 36.3 Å². The second-order valence-electron chi connectivity index (χ2n) is 6.06. The number of aromatic nitrogens is 3. The third kappa shape index (κ3) is 3.59. The second kappa shape index (κ2) is 8.04. The zero-order valence-electron chi connectivity index (χ0n) is 14.2. The number of nitrogens with one attached hydrogen (secondary N) is 1. The number of aromatic amines is 1. The van der Waals surface area contributed by atoms with Gasteiger partial charge in [0.1, 0.15) is 0 Å². The van der Waals surface area contributed by atoms with Crippen molar-refractivity contribution < 1.29 is 4.74 Å². The summed E-state index contributed by atoms with van der Waals surface area (Å²) in [6.45, 7) is 4.00. The predicted molar refractivity (Wildman–Crippen MR) is 106 cm³/mol. The lowest BCUT2D eigenvalue weighted by molar-refractivity contribution is 0.121. The molecule has 0 aliphatic carbocycles. The van der Waals surface area contributed by atoms with E-state index in [9.17, 15) is 0 Å². The molecule has 1 aliphatic heterocycles. The fourth-order valence-corrected chi connectivity index (χ4v) is 3.36. The van der Waals surface area contributed by atoms with Gasteiger partial charge in [0.2, 0.25) is 0 Å². The van der Waals surface area contributed by atoms with Crippen molar-refractivity contribution in [2.75, 3.05) is 25.1 Å². The van der Waals surface area contributed by atoms with Crippen molar-refractivity contribution in [1.82, 2.24) is 15.2 Å². The number of fused-ring (bicyclic) bond motifs is 1. The standard InChI is InChI=1S/C18H20N4O.2ClH/c1-12-16(10-20-21-12)13-3-4-17-15(9-13)18(5-7-19-17)22-8-6-14(11-22)23-2;;/h3-5,7,9-10,14H,6,8,11H2,1-2H3,(H,20,21);2*1H. The van der Waals surface area contributed by atoms with Crippen LogP contribution in [0.15, 0.2) is 36.7 Å². The number of ether oxygens (including phenoxy) is 1. The van der Waals surface area contributed by atoms with E-state index in [1.54, 1.807) is 7.11 Å². The Bertz CT molecular complexity index is 852. The Kier molecular flexibility index (Phi) is 6.27. The summed E-state index contributed by atoms with van der Waals surface area (Å²) in [6.07, 6.45) is 5.16. The molecule has 0 saturated carbocycles. The smallest absolute Gasteiger partial charge is 0.0762 e. The second-order valence-corrected chi connectivity index (χ2v) is 6.06. The number of methoxy groups -OCH3 is 1. The first kappa shape index (κ1) is 19.5. The average Bonchev–Trinajstić information content (AvgIpc) is 3.22. The molecular weight excluding hydrogens is 359 g/mol. The van der Waals surface area contributed by atoms with Gasteiger partial charge in [0, 0.05) is 48.7 Å². The van der Waals surface area contributed by atoms with Crippen molar-refractivity contribution in [3.05, 3.63) is 42.4 Å². The highest BCUT2D eigenvalue weighted by atomic mass is 35.5. The summed E-state index contributed by atoms with van der Waals surface area (Å²) >= 11 is 0. The largest absolute Gasteiger partial charge is 0.380 e. The van der Waals surface area contributed by atoms with Crippen LogP contribution in [0.3, 0.4) is 0 Å². The molecular formula is C18H22Cl2N4O. The first-order chi connectivity index (χ1) is 11.3. The zero-order valence-corrected chi connectivity index (χ0v) is 15.9. The summed E-state index contributed by atoms with van der Waals surface area (Å²) in [5.74, 6) is 0. The van der Waals surface area contributed by atoms with E-state index in [1.165, 1.54) is 16.6 Å². The monoisotopic (exact) mass is 380 g/mol. The van der Waals surface area contributed by atoms with E-state index in [-0.39, 0.29) is 24.8 Å². The Labute approximate surface area is 159 Å². The Morgan fingerprint density at radius 3 is 2.76 bits per heavy atom. The normalized spacial score (nSPS) is 16.6. The predicted octanol–water partition coefficient (Wildman–Crippen LogP) is 4.00. The number of H-pyrrole nitrogens is 1. The van der Waals surface area contributed by atoms with Crippen molar-refractivity contribution in [3.63, 3.8) is 0 Å². The Morgan fingerprint density at radius 1 is 1.24 bits per heavy atom. The van der Waals surface area contributed by atoms with Gasteiger partial charge in [0.05, 0.1) is 17.8 Å². The van der Waals surface area contributed by atoms with Gasteiger partial charge in [0.15, 0.2) is 0 Å². The van der Waals surface area contributed by atoms with Crippen molar-refractivity contribution in [3.8, 4) is 11.1 Å². The molecule has 0 amide bonds. The molecule has 5 nitrogen and oxygen atoms in total. The van der Waals surface area contributed by atoms with Crippen LogP contribution in [0.4, 0.5) is 5.69 Å². The Morgan fingerprint density at radius 2 is 2.08 bits per heavy atom. The molecule has 2 aromatic heterocycles. The van der Waals surface area contributed by atoms with Gasteiger partial charge in [-0.05, 0) is 37.1 Å².